The summed E-state index contributed by atoms with van der Waals surface area (Å²) >= 11 is 1.57. The Hall–Kier alpha value is -2.41. The molecule has 3 rings (SSSR count). The standard InChI is InChI=1S/C16H15FN4OS/c1-21-15(12-3-5-13(17)6-4-12)19-20-16(21)23-10-11-7-8-18-14(9-11)22-2/h3-9H,10H2,1-2H3. The second-order valence-corrected chi connectivity index (χ2v) is 5.81. The van der Waals surface area contributed by atoms with E-state index in [1.807, 2.05) is 23.7 Å². The van der Waals surface area contributed by atoms with E-state index < -0.39 is 0 Å². The molecule has 2 heterocycles. The molecule has 2 aromatic heterocycles. The Morgan fingerprint density at radius 1 is 1.17 bits per heavy atom. The lowest BCUT2D eigenvalue weighted by Gasteiger charge is -2.05. The number of aromatic nitrogens is 4. The molecule has 0 N–H and O–H groups in total. The molecule has 0 saturated heterocycles. The predicted octanol–water partition coefficient (Wildman–Crippen LogP) is 3.32. The number of benzene rings is 1. The molecule has 0 saturated carbocycles. The zero-order valence-corrected chi connectivity index (χ0v) is 13.5. The molecule has 0 radical (unpaired) electrons. The van der Waals surface area contributed by atoms with Crippen molar-refractivity contribution >= 4 is 11.8 Å². The van der Waals surface area contributed by atoms with E-state index in [0.29, 0.717) is 11.7 Å². The molecule has 0 aliphatic rings. The highest BCUT2D eigenvalue weighted by Crippen LogP contribution is 2.25. The fourth-order valence-corrected chi connectivity index (χ4v) is 2.94. The van der Waals surface area contributed by atoms with Gasteiger partial charge in [-0.05, 0) is 35.9 Å². The maximum Gasteiger partial charge on any atom is 0.213 e. The normalized spacial score (nSPS) is 10.7. The molecule has 1 aromatic carbocycles. The van der Waals surface area contributed by atoms with Gasteiger partial charge in [-0.25, -0.2) is 9.37 Å². The highest BCUT2D eigenvalue weighted by molar-refractivity contribution is 7.98. The molecule has 23 heavy (non-hydrogen) atoms. The van der Waals surface area contributed by atoms with Gasteiger partial charge in [0.15, 0.2) is 11.0 Å². The van der Waals surface area contributed by atoms with E-state index in [9.17, 15) is 4.39 Å². The SMILES string of the molecule is COc1cc(CSc2nnc(-c3ccc(F)cc3)n2C)ccn1. The van der Waals surface area contributed by atoms with Crippen LogP contribution in [-0.2, 0) is 12.8 Å². The molecular weight excluding hydrogens is 315 g/mol. The number of thioether (sulfide) groups is 1. The Morgan fingerprint density at radius 3 is 2.70 bits per heavy atom. The van der Waals surface area contributed by atoms with Crippen LogP contribution in [0, 0.1) is 5.82 Å². The Bertz CT molecular complexity index is 804. The van der Waals surface area contributed by atoms with Gasteiger partial charge in [0.2, 0.25) is 5.88 Å². The molecule has 0 aliphatic heterocycles. The second kappa shape index (κ2) is 6.78. The number of nitrogens with zero attached hydrogens (tertiary/aromatic N) is 4. The maximum atomic E-state index is 13.0. The monoisotopic (exact) mass is 330 g/mol. The van der Waals surface area contributed by atoms with Gasteiger partial charge in [0.05, 0.1) is 7.11 Å². The molecule has 7 heteroatoms. The molecule has 0 bridgehead atoms. The van der Waals surface area contributed by atoms with E-state index in [1.165, 1.54) is 12.1 Å². The van der Waals surface area contributed by atoms with E-state index in [2.05, 4.69) is 15.2 Å². The first-order valence-corrected chi connectivity index (χ1v) is 7.93. The van der Waals surface area contributed by atoms with Crippen molar-refractivity contribution in [3.05, 3.63) is 54.0 Å². The number of ether oxygens (including phenoxy) is 1. The highest BCUT2D eigenvalue weighted by Gasteiger charge is 2.11. The molecule has 0 amide bonds. The predicted molar refractivity (Wildman–Crippen MR) is 86.7 cm³/mol. The van der Waals surface area contributed by atoms with Crippen molar-refractivity contribution in [3.63, 3.8) is 0 Å². The van der Waals surface area contributed by atoms with Gasteiger partial charge < -0.3 is 9.30 Å². The summed E-state index contributed by atoms with van der Waals surface area (Å²) in [6.45, 7) is 0. The minimum Gasteiger partial charge on any atom is -0.481 e. The lowest BCUT2D eigenvalue weighted by molar-refractivity contribution is 0.397. The Balaban J connectivity index is 1.75. The van der Waals surface area contributed by atoms with Crippen molar-refractivity contribution in [2.75, 3.05) is 7.11 Å². The molecule has 0 atom stereocenters. The van der Waals surface area contributed by atoms with Crippen LogP contribution in [0.5, 0.6) is 5.88 Å². The molecule has 0 fully saturated rings. The third-order valence-electron chi connectivity index (χ3n) is 3.31. The molecular formula is C16H15FN4OS. The zero-order valence-electron chi connectivity index (χ0n) is 12.7. The fourth-order valence-electron chi connectivity index (χ4n) is 2.09. The number of pyridine rings is 1. The third kappa shape index (κ3) is 3.50. The van der Waals surface area contributed by atoms with Gasteiger partial charge >= 0.3 is 0 Å². The minimum atomic E-state index is -0.267. The summed E-state index contributed by atoms with van der Waals surface area (Å²) in [6.07, 6.45) is 1.72. The summed E-state index contributed by atoms with van der Waals surface area (Å²) in [5.41, 5.74) is 1.92. The smallest absolute Gasteiger partial charge is 0.213 e. The van der Waals surface area contributed by atoms with E-state index in [1.54, 1.807) is 37.2 Å². The quantitative estimate of drug-likeness (QED) is 0.672. The van der Waals surface area contributed by atoms with Crippen molar-refractivity contribution in [1.29, 1.82) is 0 Å². The zero-order chi connectivity index (χ0) is 16.2. The van der Waals surface area contributed by atoms with Gasteiger partial charge in [0.1, 0.15) is 5.82 Å². The summed E-state index contributed by atoms with van der Waals surface area (Å²) < 4.78 is 20.0. The van der Waals surface area contributed by atoms with E-state index in [-0.39, 0.29) is 5.82 Å². The average Bonchev–Trinajstić information content (AvgIpc) is 2.95. The van der Waals surface area contributed by atoms with Crippen molar-refractivity contribution in [3.8, 4) is 17.3 Å². The summed E-state index contributed by atoms with van der Waals surface area (Å²) in [5, 5.41) is 9.19. The van der Waals surface area contributed by atoms with Crippen LogP contribution in [0.4, 0.5) is 4.39 Å². The van der Waals surface area contributed by atoms with Crippen molar-refractivity contribution in [2.45, 2.75) is 10.9 Å². The van der Waals surface area contributed by atoms with Crippen LogP contribution in [0.3, 0.4) is 0 Å². The largest absolute Gasteiger partial charge is 0.481 e. The van der Waals surface area contributed by atoms with Gasteiger partial charge in [-0.2, -0.15) is 0 Å². The summed E-state index contributed by atoms with van der Waals surface area (Å²) in [6, 6.07) is 10.1. The first kappa shape index (κ1) is 15.5. The fraction of sp³-hybridized carbons (Fsp3) is 0.188. The van der Waals surface area contributed by atoms with Crippen molar-refractivity contribution < 1.29 is 9.13 Å². The first-order chi connectivity index (χ1) is 11.2. The molecule has 118 valence electrons. The summed E-state index contributed by atoms with van der Waals surface area (Å²) in [5.74, 6) is 1.76. The summed E-state index contributed by atoms with van der Waals surface area (Å²) in [4.78, 5) is 4.09. The minimum absolute atomic E-state index is 0.267. The number of hydrogen-bond acceptors (Lipinski definition) is 5. The van der Waals surface area contributed by atoms with Gasteiger partial charge in [0.25, 0.3) is 0 Å². The van der Waals surface area contributed by atoms with Crippen LogP contribution in [0.15, 0.2) is 47.8 Å². The maximum absolute atomic E-state index is 13.0. The molecule has 0 spiro atoms. The van der Waals surface area contributed by atoms with Crippen LogP contribution in [0.2, 0.25) is 0 Å². The number of halogens is 1. The first-order valence-electron chi connectivity index (χ1n) is 6.94. The van der Waals surface area contributed by atoms with Gasteiger partial charge in [-0.1, -0.05) is 11.8 Å². The average molecular weight is 330 g/mol. The van der Waals surface area contributed by atoms with Crippen molar-refractivity contribution in [2.24, 2.45) is 7.05 Å². The van der Waals surface area contributed by atoms with Crippen LogP contribution in [-0.4, -0.2) is 26.9 Å². The molecule has 3 aromatic rings. The van der Waals surface area contributed by atoms with E-state index in [0.717, 1.165) is 22.0 Å². The molecule has 0 aliphatic carbocycles. The molecule has 5 nitrogen and oxygen atoms in total. The topological polar surface area (TPSA) is 52.8 Å². The Labute approximate surface area is 137 Å². The Kier molecular flexibility index (Phi) is 4.57. The van der Waals surface area contributed by atoms with Crippen LogP contribution in [0.25, 0.3) is 11.4 Å². The summed E-state index contributed by atoms with van der Waals surface area (Å²) in [7, 11) is 3.49. The number of methoxy groups -OCH3 is 1. The van der Waals surface area contributed by atoms with Gasteiger partial charge in [0, 0.05) is 30.6 Å². The van der Waals surface area contributed by atoms with Gasteiger partial charge in [-0.15, -0.1) is 10.2 Å². The lowest BCUT2D eigenvalue weighted by Crippen LogP contribution is -1.95. The van der Waals surface area contributed by atoms with Gasteiger partial charge in [-0.3, -0.25) is 0 Å². The second-order valence-electron chi connectivity index (χ2n) is 4.87. The van der Waals surface area contributed by atoms with E-state index >= 15 is 0 Å². The van der Waals surface area contributed by atoms with Crippen LogP contribution >= 0.6 is 11.8 Å². The van der Waals surface area contributed by atoms with Crippen LogP contribution < -0.4 is 4.74 Å². The number of rotatable bonds is 5. The van der Waals surface area contributed by atoms with Crippen LogP contribution in [0.1, 0.15) is 5.56 Å². The van der Waals surface area contributed by atoms with E-state index in [4.69, 9.17) is 4.74 Å². The highest BCUT2D eigenvalue weighted by atomic mass is 32.2. The van der Waals surface area contributed by atoms with Crippen molar-refractivity contribution in [1.82, 2.24) is 19.7 Å². The third-order valence-corrected chi connectivity index (χ3v) is 4.41. The lowest BCUT2D eigenvalue weighted by atomic mass is 10.2. The Morgan fingerprint density at radius 2 is 1.96 bits per heavy atom. The number of hydrogen-bond donors (Lipinski definition) is 0. The molecule has 0 unspecified atom stereocenters.